The molecule has 2 fully saturated rings. The minimum Gasteiger partial charge on any atom is -0.367 e. The molecule has 4 rings (SSSR count). The van der Waals surface area contributed by atoms with Gasteiger partial charge in [-0.3, -0.25) is 18.9 Å². The molecule has 1 aliphatic heterocycles. The third-order valence-electron chi connectivity index (χ3n) is 8.33. The summed E-state index contributed by atoms with van der Waals surface area (Å²) in [5.41, 5.74) is 1.85. The lowest BCUT2D eigenvalue weighted by molar-refractivity contribution is -0.122. The molecule has 2 aromatic heterocycles. The Kier molecular flexibility index (Phi) is 11.7. The Morgan fingerprint density at radius 1 is 1.02 bits per heavy atom. The van der Waals surface area contributed by atoms with Gasteiger partial charge < -0.3 is 5.32 Å². The van der Waals surface area contributed by atoms with Crippen molar-refractivity contribution in [2.24, 2.45) is 5.92 Å². The molecular formula is C32H46N4O2S2. The first-order chi connectivity index (χ1) is 19.4. The van der Waals surface area contributed by atoms with Crippen LogP contribution in [0.2, 0.25) is 0 Å². The normalized spacial score (nSPS) is 20.7. The fraction of sp³-hybridized carbons (Fsp3) is 0.625. The fourth-order valence-electron chi connectivity index (χ4n) is 5.73. The smallest absolute Gasteiger partial charge is 0.267 e. The number of aromatic nitrogens is 2. The zero-order valence-electron chi connectivity index (χ0n) is 24.5. The molecular weight excluding hydrogens is 537 g/mol. The first kappa shape index (κ1) is 30.8. The lowest BCUT2D eigenvalue weighted by atomic mass is 9.87. The summed E-state index contributed by atoms with van der Waals surface area (Å²) in [4.78, 5) is 34.2. The van der Waals surface area contributed by atoms with Crippen LogP contribution in [0.5, 0.6) is 0 Å². The van der Waals surface area contributed by atoms with Crippen molar-refractivity contribution in [2.45, 2.75) is 117 Å². The van der Waals surface area contributed by atoms with Crippen molar-refractivity contribution in [1.29, 1.82) is 0 Å². The molecule has 1 saturated heterocycles. The Balaban J connectivity index is 1.43. The van der Waals surface area contributed by atoms with Gasteiger partial charge in [0.2, 0.25) is 0 Å². The number of fused-ring (bicyclic) bond motifs is 1. The topological polar surface area (TPSA) is 66.7 Å². The number of nitrogens with zero attached hydrogens (tertiary/aromatic N) is 3. The molecule has 1 amide bonds. The van der Waals surface area contributed by atoms with E-state index in [4.69, 9.17) is 17.2 Å². The van der Waals surface area contributed by atoms with Gasteiger partial charge in [0.1, 0.15) is 15.8 Å². The Labute approximate surface area is 249 Å². The summed E-state index contributed by atoms with van der Waals surface area (Å²) < 4.78 is 2.16. The summed E-state index contributed by atoms with van der Waals surface area (Å²) in [5.74, 6) is 1.20. The van der Waals surface area contributed by atoms with Crippen LogP contribution in [0, 0.1) is 12.8 Å². The maximum atomic E-state index is 13.7. The first-order valence-corrected chi connectivity index (χ1v) is 16.7. The molecule has 40 heavy (non-hydrogen) atoms. The molecule has 0 unspecified atom stereocenters. The van der Waals surface area contributed by atoms with Crippen molar-refractivity contribution < 1.29 is 4.79 Å². The molecule has 0 aromatic carbocycles. The molecule has 8 heteroatoms. The number of amides is 1. The van der Waals surface area contributed by atoms with Crippen LogP contribution in [0.15, 0.2) is 28.0 Å². The summed E-state index contributed by atoms with van der Waals surface area (Å²) in [6, 6.07) is 4.09. The molecule has 6 nitrogen and oxygen atoms in total. The van der Waals surface area contributed by atoms with Gasteiger partial charge in [-0.1, -0.05) is 102 Å². The second kappa shape index (κ2) is 15.2. The van der Waals surface area contributed by atoms with Gasteiger partial charge in [-0.25, -0.2) is 4.98 Å². The SMILES string of the molecule is CCCCCCCCCCCCN1C(=O)/C(=C\c2c(NC3CCC(C)CC3)nc3c(C)cccn3c2=O)SC1=S. The number of carbonyl (C=O) groups is 1. The van der Waals surface area contributed by atoms with E-state index in [2.05, 4.69) is 19.2 Å². The summed E-state index contributed by atoms with van der Waals surface area (Å²) in [6.45, 7) is 7.15. The van der Waals surface area contributed by atoms with Crippen LogP contribution in [0.4, 0.5) is 5.82 Å². The zero-order chi connectivity index (χ0) is 28.5. The van der Waals surface area contributed by atoms with E-state index in [1.165, 1.54) is 63.1 Å². The van der Waals surface area contributed by atoms with E-state index in [1.807, 2.05) is 19.1 Å². The van der Waals surface area contributed by atoms with Crippen molar-refractivity contribution in [3.8, 4) is 0 Å². The van der Waals surface area contributed by atoms with Gasteiger partial charge in [-0.2, -0.15) is 0 Å². The third-order valence-corrected chi connectivity index (χ3v) is 9.70. The molecule has 2 aromatic rings. The third kappa shape index (κ3) is 7.96. The molecule has 0 radical (unpaired) electrons. The molecule has 1 N–H and O–H groups in total. The van der Waals surface area contributed by atoms with Crippen molar-refractivity contribution in [3.05, 3.63) is 44.7 Å². The summed E-state index contributed by atoms with van der Waals surface area (Å²) in [7, 11) is 0. The van der Waals surface area contributed by atoms with Gasteiger partial charge in [-0.15, -0.1) is 0 Å². The Hall–Kier alpha value is -2.19. The summed E-state index contributed by atoms with van der Waals surface area (Å²) in [5, 5.41) is 3.58. The van der Waals surface area contributed by atoms with Gasteiger partial charge in [0.15, 0.2) is 0 Å². The number of thioether (sulfide) groups is 1. The van der Waals surface area contributed by atoms with E-state index >= 15 is 0 Å². The molecule has 0 bridgehead atoms. The molecule has 1 saturated carbocycles. The summed E-state index contributed by atoms with van der Waals surface area (Å²) >= 11 is 6.89. The lowest BCUT2D eigenvalue weighted by Crippen LogP contribution is -2.30. The molecule has 1 aliphatic carbocycles. The monoisotopic (exact) mass is 582 g/mol. The summed E-state index contributed by atoms with van der Waals surface area (Å²) in [6.07, 6.45) is 20.4. The van der Waals surface area contributed by atoms with Crippen molar-refractivity contribution in [3.63, 3.8) is 0 Å². The van der Waals surface area contributed by atoms with E-state index in [-0.39, 0.29) is 17.5 Å². The number of carbonyl (C=O) groups excluding carboxylic acids is 1. The fourth-order valence-corrected chi connectivity index (χ4v) is 7.02. The van der Waals surface area contributed by atoms with Crippen LogP contribution in [-0.4, -0.2) is 37.1 Å². The number of aryl methyl sites for hydroxylation is 1. The number of nitrogens with one attached hydrogen (secondary N) is 1. The van der Waals surface area contributed by atoms with E-state index in [0.29, 0.717) is 32.8 Å². The molecule has 3 heterocycles. The van der Waals surface area contributed by atoms with Crippen LogP contribution in [0.3, 0.4) is 0 Å². The van der Waals surface area contributed by atoms with Crippen molar-refractivity contribution >= 4 is 51.7 Å². The average molecular weight is 583 g/mol. The number of anilines is 1. The highest BCUT2D eigenvalue weighted by atomic mass is 32.2. The standard InChI is InChI=1S/C32H46N4O2S2/c1-4-5-6-7-8-9-10-11-12-13-20-36-31(38)27(40-32(36)39)22-26-28(33-25-18-16-23(2)17-19-25)34-29-24(3)15-14-21-35(29)30(26)37/h14-15,21-23,25,33H,4-13,16-20H2,1-3H3/b27-22+. The quantitative estimate of drug-likeness (QED) is 0.138. The predicted molar refractivity (Wildman–Crippen MR) is 173 cm³/mol. The second-order valence-corrected chi connectivity index (χ2v) is 13.4. The maximum Gasteiger partial charge on any atom is 0.267 e. The van der Waals surface area contributed by atoms with E-state index in [9.17, 15) is 9.59 Å². The van der Waals surface area contributed by atoms with Crippen LogP contribution < -0.4 is 10.9 Å². The van der Waals surface area contributed by atoms with Gasteiger partial charge >= 0.3 is 0 Å². The van der Waals surface area contributed by atoms with Crippen LogP contribution >= 0.6 is 24.0 Å². The molecule has 218 valence electrons. The highest BCUT2D eigenvalue weighted by molar-refractivity contribution is 8.26. The van der Waals surface area contributed by atoms with Crippen molar-refractivity contribution in [2.75, 3.05) is 11.9 Å². The number of pyridine rings is 1. The highest BCUT2D eigenvalue weighted by Gasteiger charge is 2.32. The number of unbranched alkanes of at least 4 members (excludes halogenated alkanes) is 9. The van der Waals surface area contributed by atoms with Gasteiger partial charge in [-0.05, 0) is 62.7 Å². The van der Waals surface area contributed by atoms with E-state index < -0.39 is 0 Å². The molecule has 0 spiro atoms. The highest BCUT2D eigenvalue weighted by Crippen LogP contribution is 2.34. The number of hydrogen-bond donors (Lipinski definition) is 1. The van der Waals surface area contributed by atoms with Crippen LogP contribution in [0.1, 0.15) is 115 Å². The Morgan fingerprint density at radius 2 is 1.68 bits per heavy atom. The first-order valence-electron chi connectivity index (χ1n) is 15.4. The number of rotatable bonds is 14. The van der Waals surface area contributed by atoms with E-state index in [0.717, 1.165) is 50.0 Å². The zero-order valence-corrected chi connectivity index (χ0v) is 26.2. The van der Waals surface area contributed by atoms with Gasteiger partial charge in [0.25, 0.3) is 11.5 Å². The number of hydrogen-bond acceptors (Lipinski definition) is 6. The largest absolute Gasteiger partial charge is 0.367 e. The van der Waals surface area contributed by atoms with Gasteiger partial charge in [0, 0.05) is 18.8 Å². The molecule has 0 atom stereocenters. The average Bonchev–Trinajstić information content (AvgIpc) is 3.21. The predicted octanol–water partition coefficient (Wildman–Crippen LogP) is 8.12. The molecule has 2 aliphatic rings. The van der Waals surface area contributed by atoms with Crippen LogP contribution in [-0.2, 0) is 4.79 Å². The van der Waals surface area contributed by atoms with Crippen molar-refractivity contribution in [1.82, 2.24) is 14.3 Å². The van der Waals surface area contributed by atoms with Gasteiger partial charge in [0.05, 0.1) is 10.5 Å². The second-order valence-electron chi connectivity index (χ2n) is 11.7. The number of thiocarbonyl (C=S) groups is 1. The Morgan fingerprint density at radius 3 is 2.35 bits per heavy atom. The minimum absolute atomic E-state index is 0.0999. The maximum absolute atomic E-state index is 13.7. The lowest BCUT2D eigenvalue weighted by Gasteiger charge is -2.28. The van der Waals surface area contributed by atoms with Crippen LogP contribution in [0.25, 0.3) is 11.7 Å². The minimum atomic E-state index is -0.166. The Bertz CT molecular complexity index is 1260. The van der Waals surface area contributed by atoms with E-state index in [1.54, 1.807) is 21.6 Å².